The molecule has 2 N–H and O–H groups in total. The Kier molecular flexibility index (Phi) is 8.31. The Hall–Kier alpha value is -1.85. The van der Waals surface area contributed by atoms with Crippen LogP contribution in [0.25, 0.3) is 0 Å². The molecule has 0 aliphatic heterocycles. The summed E-state index contributed by atoms with van der Waals surface area (Å²) < 4.78 is 63.3. The minimum absolute atomic E-state index is 0.151. The molecule has 0 aliphatic rings. The molecular formula is C22H31F4NO2Si. The first-order valence-electron chi connectivity index (χ1n) is 10.0. The Bertz CT molecular complexity index is 789. The van der Waals surface area contributed by atoms with Crippen molar-refractivity contribution in [3.05, 3.63) is 35.1 Å². The number of hydrogen-bond donors (Lipinski definition) is 1. The van der Waals surface area contributed by atoms with Crippen molar-refractivity contribution in [3.8, 4) is 12.3 Å². The van der Waals surface area contributed by atoms with Crippen LogP contribution in [-0.2, 0) is 9.84 Å². The Morgan fingerprint density at radius 2 is 1.70 bits per heavy atom. The van der Waals surface area contributed by atoms with E-state index < -0.39 is 50.1 Å². The second-order valence-electron chi connectivity index (χ2n) is 8.33. The van der Waals surface area contributed by atoms with Crippen molar-refractivity contribution in [1.82, 2.24) is 0 Å². The lowest BCUT2D eigenvalue weighted by Crippen LogP contribution is -2.57. The van der Waals surface area contributed by atoms with E-state index in [1.165, 1.54) is 6.07 Å². The molecule has 3 nitrogen and oxygen atoms in total. The molecule has 0 spiro atoms. The Morgan fingerprint density at radius 3 is 2.10 bits per heavy atom. The van der Waals surface area contributed by atoms with Gasteiger partial charge in [0, 0.05) is 12.0 Å². The number of benzene rings is 1. The summed E-state index contributed by atoms with van der Waals surface area (Å²) in [5.74, 6) is 0.552. The maximum atomic E-state index is 14.5. The first-order chi connectivity index (χ1) is 13.7. The van der Waals surface area contributed by atoms with E-state index in [0.717, 1.165) is 12.1 Å². The molecule has 8 heteroatoms. The molecule has 168 valence electrons. The summed E-state index contributed by atoms with van der Waals surface area (Å²) >= 11 is 0. The van der Waals surface area contributed by atoms with Crippen LogP contribution in [0.2, 0.25) is 18.1 Å². The molecule has 0 fully saturated rings. The van der Waals surface area contributed by atoms with E-state index in [1.807, 2.05) is 20.8 Å². The topological polar surface area (TPSA) is 52.3 Å². The predicted octanol–water partition coefficient (Wildman–Crippen LogP) is 5.94. The van der Waals surface area contributed by atoms with Gasteiger partial charge in [0.1, 0.15) is 5.82 Å². The van der Waals surface area contributed by atoms with Crippen LogP contribution in [0.5, 0.6) is 0 Å². The van der Waals surface area contributed by atoms with Gasteiger partial charge in [0.25, 0.3) is 0 Å². The third-order valence-corrected chi connectivity index (χ3v) is 10.6. The number of carbonyl (C=O) groups is 1. The SMILES string of the molecule is C#CCC(CC(C)(C)c1ccc(F)cc1C(N)=O)(O[Si](CC)(CC)CC)C(F)(F)F. The lowest BCUT2D eigenvalue weighted by atomic mass is 9.72. The maximum absolute atomic E-state index is 14.5. The van der Waals surface area contributed by atoms with E-state index in [-0.39, 0.29) is 11.1 Å². The second-order valence-corrected chi connectivity index (χ2v) is 13.0. The van der Waals surface area contributed by atoms with Crippen molar-refractivity contribution in [2.24, 2.45) is 5.73 Å². The van der Waals surface area contributed by atoms with Crippen molar-refractivity contribution in [1.29, 1.82) is 0 Å². The monoisotopic (exact) mass is 445 g/mol. The van der Waals surface area contributed by atoms with Crippen LogP contribution in [0.4, 0.5) is 17.6 Å². The summed E-state index contributed by atoms with van der Waals surface area (Å²) in [6.07, 6.45) is -0.534. The second kappa shape index (κ2) is 9.52. The molecule has 1 amide bonds. The first-order valence-corrected chi connectivity index (χ1v) is 12.6. The molecular weight excluding hydrogens is 414 g/mol. The van der Waals surface area contributed by atoms with Gasteiger partial charge in [-0.25, -0.2) is 4.39 Å². The smallest absolute Gasteiger partial charge is 0.402 e. The summed E-state index contributed by atoms with van der Waals surface area (Å²) in [6, 6.07) is 4.91. The molecule has 0 saturated heterocycles. The number of carbonyl (C=O) groups excluding carboxylic acids is 1. The highest BCUT2D eigenvalue weighted by molar-refractivity contribution is 6.73. The molecule has 1 rings (SSSR count). The van der Waals surface area contributed by atoms with Gasteiger partial charge >= 0.3 is 6.18 Å². The lowest BCUT2D eigenvalue weighted by molar-refractivity contribution is -0.257. The molecule has 0 aliphatic carbocycles. The van der Waals surface area contributed by atoms with Gasteiger partial charge in [-0.2, -0.15) is 13.2 Å². The maximum Gasteiger partial charge on any atom is 0.417 e. The molecule has 0 bridgehead atoms. The van der Waals surface area contributed by atoms with E-state index in [9.17, 15) is 22.4 Å². The molecule has 0 radical (unpaired) electrons. The van der Waals surface area contributed by atoms with E-state index in [2.05, 4.69) is 5.92 Å². The van der Waals surface area contributed by atoms with E-state index in [4.69, 9.17) is 16.6 Å². The van der Waals surface area contributed by atoms with Crippen molar-refractivity contribution >= 4 is 14.2 Å². The highest BCUT2D eigenvalue weighted by Gasteiger charge is 2.60. The molecule has 1 aromatic rings. The van der Waals surface area contributed by atoms with Crippen LogP contribution < -0.4 is 5.73 Å². The summed E-state index contributed by atoms with van der Waals surface area (Å²) in [7, 11) is -2.71. The Morgan fingerprint density at radius 1 is 1.17 bits per heavy atom. The highest BCUT2D eigenvalue weighted by Crippen LogP contribution is 2.48. The first kappa shape index (κ1) is 26.2. The zero-order valence-electron chi connectivity index (χ0n) is 18.3. The van der Waals surface area contributed by atoms with Crippen molar-refractivity contribution in [3.63, 3.8) is 0 Å². The van der Waals surface area contributed by atoms with Gasteiger partial charge in [0.15, 0.2) is 13.9 Å². The number of amides is 1. The van der Waals surface area contributed by atoms with Crippen molar-refractivity contribution in [2.75, 3.05) is 0 Å². The fourth-order valence-corrected chi connectivity index (χ4v) is 7.08. The summed E-state index contributed by atoms with van der Waals surface area (Å²) in [6.45, 7) is 8.63. The van der Waals surface area contributed by atoms with Crippen LogP contribution in [0, 0.1) is 18.2 Å². The number of hydrogen-bond acceptors (Lipinski definition) is 2. The highest BCUT2D eigenvalue weighted by atomic mass is 28.4. The number of rotatable bonds is 10. The minimum atomic E-state index is -4.73. The number of halogens is 4. The van der Waals surface area contributed by atoms with Crippen LogP contribution in [0.15, 0.2) is 18.2 Å². The van der Waals surface area contributed by atoms with Crippen molar-refractivity contribution < 1.29 is 26.8 Å². The quantitative estimate of drug-likeness (QED) is 0.275. The Balaban J connectivity index is 3.64. The van der Waals surface area contributed by atoms with Crippen LogP contribution in [-0.4, -0.2) is 26.0 Å². The fraction of sp³-hybridized carbons (Fsp3) is 0.591. The van der Waals surface area contributed by atoms with Crippen LogP contribution in [0.1, 0.15) is 63.4 Å². The summed E-state index contributed by atoms with van der Waals surface area (Å²) in [5.41, 5.74) is 1.64. The molecule has 1 atom stereocenters. The Labute approximate surface area is 177 Å². The van der Waals surface area contributed by atoms with E-state index >= 15 is 0 Å². The average molecular weight is 446 g/mol. The van der Waals surface area contributed by atoms with Gasteiger partial charge in [-0.1, -0.05) is 40.7 Å². The predicted molar refractivity (Wildman–Crippen MR) is 113 cm³/mol. The average Bonchev–Trinajstić information content (AvgIpc) is 2.64. The molecule has 1 unspecified atom stereocenters. The van der Waals surface area contributed by atoms with Gasteiger partial charge < -0.3 is 10.2 Å². The van der Waals surface area contributed by atoms with Gasteiger partial charge in [0.2, 0.25) is 5.91 Å². The molecule has 0 saturated carbocycles. The minimum Gasteiger partial charge on any atom is -0.402 e. The van der Waals surface area contributed by atoms with Crippen molar-refractivity contribution in [2.45, 2.75) is 82.8 Å². The summed E-state index contributed by atoms with van der Waals surface area (Å²) in [5, 5.41) is 0. The number of primary amides is 1. The van der Waals surface area contributed by atoms with Gasteiger partial charge in [-0.05, 0) is 47.7 Å². The van der Waals surface area contributed by atoms with Gasteiger partial charge in [-0.3, -0.25) is 4.79 Å². The number of alkyl halides is 3. The van der Waals surface area contributed by atoms with Gasteiger partial charge in [-0.15, -0.1) is 12.3 Å². The normalized spacial score (nSPS) is 14.8. The van der Waals surface area contributed by atoms with Crippen LogP contribution >= 0.6 is 0 Å². The molecule has 0 aromatic heterocycles. The number of terminal acetylenes is 1. The fourth-order valence-electron chi connectivity index (χ4n) is 4.06. The molecule has 1 aromatic carbocycles. The van der Waals surface area contributed by atoms with E-state index in [1.54, 1.807) is 13.8 Å². The van der Waals surface area contributed by atoms with E-state index in [0.29, 0.717) is 18.1 Å². The number of nitrogens with two attached hydrogens (primary N) is 1. The lowest BCUT2D eigenvalue weighted by Gasteiger charge is -2.46. The zero-order valence-corrected chi connectivity index (χ0v) is 19.3. The summed E-state index contributed by atoms with van der Waals surface area (Å²) in [4.78, 5) is 11.9. The third kappa shape index (κ3) is 5.44. The molecule has 0 heterocycles. The standard InChI is InChI=1S/C22H31F4NO2Si/c1-7-13-21(22(24,25)26,29-30(8-2,9-3)10-4)15-20(5,6)18-12-11-16(23)14-17(18)19(27)28/h1,11-12,14H,8-10,13,15H2,2-6H3,(H2,27,28). The molecule has 30 heavy (non-hydrogen) atoms. The van der Waals surface area contributed by atoms with Gasteiger partial charge in [0.05, 0.1) is 0 Å². The third-order valence-electron chi connectivity index (χ3n) is 5.95. The zero-order chi connectivity index (χ0) is 23.4. The van der Waals surface area contributed by atoms with Crippen LogP contribution in [0.3, 0.4) is 0 Å². The largest absolute Gasteiger partial charge is 0.417 e.